The molecule has 2 unspecified atom stereocenters. The van der Waals surface area contributed by atoms with E-state index in [1.165, 1.54) is 24.8 Å². The van der Waals surface area contributed by atoms with Gasteiger partial charge in [-0.1, -0.05) is 11.6 Å². The molecule has 0 spiro atoms. The fourth-order valence-corrected chi connectivity index (χ4v) is 1.83. The Kier molecular flexibility index (Phi) is 1.37. The van der Waals surface area contributed by atoms with Crippen LogP contribution in [0.2, 0.25) is 0 Å². The van der Waals surface area contributed by atoms with Gasteiger partial charge in [-0.2, -0.15) is 0 Å². The second-order valence-corrected chi connectivity index (χ2v) is 3.37. The van der Waals surface area contributed by atoms with Gasteiger partial charge in [0.25, 0.3) is 0 Å². The second kappa shape index (κ2) is 2.22. The van der Waals surface area contributed by atoms with Crippen LogP contribution in [0, 0.1) is 5.92 Å². The van der Waals surface area contributed by atoms with Crippen molar-refractivity contribution >= 4 is 6.21 Å². The third kappa shape index (κ3) is 0.898. The van der Waals surface area contributed by atoms with Crippen LogP contribution >= 0.6 is 0 Å². The van der Waals surface area contributed by atoms with Crippen LogP contribution in [0.4, 0.5) is 0 Å². The third-order valence-corrected chi connectivity index (χ3v) is 2.53. The molecule has 0 bridgehead atoms. The molecular formula is C9H13N. The van der Waals surface area contributed by atoms with Crippen molar-refractivity contribution in [2.24, 2.45) is 10.9 Å². The predicted octanol–water partition coefficient (Wildman–Crippen LogP) is 2.19. The maximum absolute atomic E-state index is 4.41. The molecule has 10 heavy (non-hydrogen) atoms. The summed E-state index contributed by atoms with van der Waals surface area (Å²) in [4.78, 5) is 4.41. The third-order valence-electron chi connectivity index (χ3n) is 2.53. The lowest BCUT2D eigenvalue weighted by molar-refractivity contribution is 0.460. The monoisotopic (exact) mass is 135 g/mol. The summed E-state index contributed by atoms with van der Waals surface area (Å²) in [5, 5.41) is 0. The van der Waals surface area contributed by atoms with Gasteiger partial charge < -0.3 is 0 Å². The van der Waals surface area contributed by atoms with Crippen LogP contribution in [0.5, 0.6) is 0 Å². The van der Waals surface area contributed by atoms with Crippen molar-refractivity contribution in [1.29, 1.82) is 0 Å². The summed E-state index contributed by atoms with van der Waals surface area (Å²) in [7, 11) is 0. The first-order chi connectivity index (χ1) is 4.86. The minimum absolute atomic E-state index is 0.550. The molecule has 2 atom stereocenters. The van der Waals surface area contributed by atoms with E-state index >= 15 is 0 Å². The van der Waals surface area contributed by atoms with Crippen molar-refractivity contribution in [2.75, 3.05) is 0 Å². The highest BCUT2D eigenvalue weighted by molar-refractivity contribution is 5.61. The number of allylic oxidation sites excluding steroid dienone is 1. The average Bonchev–Trinajstić information content (AvgIpc) is 2.33. The SMILES string of the molecule is CC1=CC2N=CCC2CC1. The molecule has 0 amide bonds. The summed E-state index contributed by atoms with van der Waals surface area (Å²) < 4.78 is 0. The van der Waals surface area contributed by atoms with E-state index in [0.717, 1.165) is 5.92 Å². The molecule has 1 aliphatic carbocycles. The van der Waals surface area contributed by atoms with E-state index in [4.69, 9.17) is 0 Å². The van der Waals surface area contributed by atoms with E-state index in [9.17, 15) is 0 Å². The first kappa shape index (κ1) is 6.14. The number of nitrogens with zero attached hydrogens (tertiary/aromatic N) is 1. The van der Waals surface area contributed by atoms with E-state index in [2.05, 4.69) is 24.2 Å². The highest BCUT2D eigenvalue weighted by atomic mass is 14.8. The number of fused-ring (bicyclic) bond motifs is 1. The Morgan fingerprint density at radius 1 is 1.60 bits per heavy atom. The molecule has 0 aromatic rings. The standard InChI is InChI=1S/C9H13N/c1-7-2-3-8-4-5-10-9(8)6-7/h5-6,8-9H,2-4H2,1H3. The topological polar surface area (TPSA) is 12.4 Å². The summed E-state index contributed by atoms with van der Waals surface area (Å²) in [5.74, 6) is 0.851. The molecule has 0 aromatic carbocycles. The van der Waals surface area contributed by atoms with Crippen LogP contribution in [0.1, 0.15) is 26.2 Å². The van der Waals surface area contributed by atoms with Crippen molar-refractivity contribution in [2.45, 2.75) is 32.2 Å². The van der Waals surface area contributed by atoms with Crippen molar-refractivity contribution in [3.05, 3.63) is 11.6 Å². The molecular weight excluding hydrogens is 122 g/mol. The molecule has 1 heteroatoms. The molecule has 0 fully saturated rings. The number of hydrogen-bond donors (Lipinski definition) is 0. The van der Waals surface area contributed by atoms with Crippen molar-refractivity contribution in [1.82, 2.24) is 0 Å². The maximum atomic E-state index is 4.41. The van der Waals surface area contributed by atoms with Gasteiger partial charge in [0, 0.05) is 0 Å². The Morgan fingerprint density at radius 3 is 3.40 bits per heavy atom. The molecule has 54 valence electrons. The van der Waals surface area contributed by atoms with Gasteiger partial charge in [-0.3, -0.25) is 4.99 Å². The largest absolute Gasteiger partial charge is 0.290 e. The summed E-state index contributed by atoms with van der Waals surface area (Å²) in [5.41, 5.74) is 1.53. The molecule has 1 nitrogen and oxygen atoms in total. The Bertz CT molecular complexity index is 191. The predicted molar refractivity (Wildman–Crippen MR) is 43.4 cm³/mol. The number of aliphatic imine (C=N–C) groups is 1. The van der Waals surface area contributed by atoms with Gasteiger partial charge in [0.15, 0.2) is 0 Å². The Balaban J connectivity index is 2.19. The number of hydrogen-bond acceptors (Lipinski definition) is 1. The van der Waals surface area contributed by atoms with Crippen molar-refractivity contribution in [3.63, 3.8) is 0 Å². The van der Waals surface area contributed by atoms with Gasteiger partial charge in [-0.05, 0) is 38.3 Å². The highest BCUT2D eigenvalue weighted by Crippen LogP contribution is 2.30. The van der Waals surface area contributed by atoms with Gasteiger partial charge in [-0.25, -0.2) is 0 Å². The lowest BCUT2D eigenvalue weighted by atomic mass is 9.86. The van der Waals surface area contributed by atoms with Gasteiger partial charge >= 0.3 is 0 Å². The van der Waals surface area contributed by atoms with Crippen LogP contribution in [-0.2, 0) is 0 Å². The molecule has 0 saturated carbocycles. The minimum Gasteiger partial charge on any atom is -0.290 e. The van der Waals surface area contributed by atoms with Crippen molar-refractivity contribution < 1.29 is 0 Å². The zero-order valence-corrected chi connectivity index (χ0v) is 6.38. The fourth-order valence-electron chi connectivity index (χ4n) is 1.83. The van der Waals surface area contributed by atoms with Gasteiger partial charge in [0.05, 0.1) is 6.04 Å². The van der Waals surface area contributed by atoms with E-state index in [0.29, 0.717) is 6.04 Å². The summed E-state index contributed by atoms with van der Waals surface area (Å²) in [6.07, 6.45) is 8.29. The minimum atomic E-state index is 0.550. The van der Waals surface area contributed by atoms with Crippen LogP contribution < -0.4 is 0 Å². The summed E-state index contributed by atoms with van der Waals surface area (Å²) in [6, 6.07) is 0.550. The van der Waals surface area contributed by atoms with E-state index < -0.39 is 0 Å². The smallest absolute Gasteiger partial charge is 0.0710 e. The fraction of sp³-hybridized carbons (Fsp3) is 0.667. The molecule has 0 N–H and O–H groups in total. The Morgan fingerprint density at radius 2 is 2.50 bits per heavy atom. The number of rotatable bonds is 0. The summed E-state index contributed by atoms with van der Waals surface area (Å²) in [6.45, 7) is 2.21. The molecule has 0 radical (unpaired) electrons. The van der Waals surface area contributed by atoms with Gasteiger partial charge in [0.2, 0.25) is 0 Å². The van der Waals surface area contributed by atoms with Crippen LogP contribution in [0.3, 0.4) is 0 Å². The first-order valence-electron chi connectivity index (χ1n) is 4.05. The van der Waals surface area contributed by atoms with E-state index in [-0.39, 0.29) is 0 Å². The van der Waals surface area contributed by atoms with Crippen LogP contribution in [0.25, 0.3) is 0 Å². The molecule has 0 aromatic heterocycles. The van der Waals surface area contributed by atoms with E-state index in [1.54, 1.807) is 0 Å². The quantitative estimate of drug-likeness (QED) is 0.451. The van der Waals surface area contributed by atoms with Crippen LogP contribution in [-0.4, -0.2) is 12.3 Å². The first-order valence-corrected chi connectivity index (χ1v) is 4.05. The highest BCUT2D eigenvalue weighted by Gasteiger charge is 2.24. The summed E-state index contributed by atoms with van der Waals surface area (Å²) >= 11 is 0. The lowest BCUT2D eigenvalue weighted by Gasteiger charge is -2.20. The maximum Gasteiger partial charge on any atom is 0.0710 e. The van der Waals surface area contributed by atoms with Gasteiger partial charge in [0.1, 0.15) is 0 Å². The van der Waals surface area contributed by atoms with Crippen LogP contribution in [0.15, 0.2) is 16.6 Å². The average molecular weight is 135 g/mol. The zero-order valence-electron chi connectivity index (χ0n) is 6.38. The molecule has 1 aliphatic heterocycles. The zero-order chi connectivity index (χ0) is 6.97. The molecule has 2 aliphatic rings. The van der Waals surface area contributed by atoms with E-state index in [1.807, 2.05) is 0 Å². The van der Waals surface area contributed by atoms with Gasteiger partial charge in [-0.15, -0.1) is 0 Å². The Hall–Kier alpha value is -0.590. The molecule has 0 saturated heterocycles. The van der Waals surface area contributed by atoms with Crippen molar-refractivity contribution in [3.8, 4) is 0 Å². The lowest BCUT2D eigenvalue weighted by Crippen LogP contribution is -2.15. The molecule has 1 heterocycles. The second-order valence-electron chi connectivity index (χ2n) is 3.37. The molecule has 2 rings (SSSR count). The normalized spacial score (nSPS) is 37.5. The Labute approximate surface area is 61.9 Å².